The van der Waals surface area contributed by atoms with Crippen LogP contribution in [0.5, 0.6) is 0 Å². The number of allylic oxidation sites excluding steroid dienone is 2. The van der Waals surface area contributed by atoms with Crippen molar-refractivity contribution in [3.8, 4) is 0 Å². The highest BCUT2D eigenvalue weighted by Crippen LogP contribution is 1.92. The summed E-state index contributed by atoms with van der Waals surface area (Å²) in [4.78, 5) is 20.9. The van der Waals surface area contributed by atoms with Crippen molar-refractivity contribution in [3.05, 3.63) is 25.3 Å². The molecule has 0 amide bonds. The molecule has 0 saturated carbocycles. The highest BCUT2D eigenvalue weighted by atomic mass is 16.6. The number of esters is 2. The lowest BCUT2D eigenvalue weighted by molar-refractivity contribution is -0.161. The first kappa shape index (κ1) is 22.5. The molecule has 0 aliphatic carbocycles. The van der Waals surface area contributed by atoms with Crippen molar-refractivity contribution >= 4 is 11.9 Å². The van der Waals surface area contributed by atoms with Gasteiger partial charge in [-0.05, 0) is 20.8 Å². The molecule has 0 aromatic heterocycles. The van der Waals surface area contributed by atoms with Crippen LogP contribution >= 0.6 is 0 Å². The summed E-state index contributed by atoms with van der Waals surface area (Å²) in [6.45, 7) is 10.4. The van der Waals surface area contributed by atoms with Crippen molar-refractivity contribution in [3.63, 3.8) is 0 Å². The van der Waals surface area contributed by atoms with Crippen molar-refractivity contribution in [2.45, 2.75) is 26.9 Å². The SMILES string of the molecule is C=CC.C=CC.CC(COC(=O)CO)OC(=O)CO. The maximum atomic E-state index is 10.5. The molecule has 0 radical (unpaired) electrons. The van der Waals surface area contributed by atoms with Crippen molar-refractivity contribution in [1.82, 2.24) is 0 Å². The van der Waals surface area contributed by atoms with Crippen LogP contribution in [0.25, 0.3) is 0 Å². The first-order chi connectivity index (χ1) is 8.92. The first-order valence-corrected chi connectivity index (χ1v) is 5.64. The van der Waals surface area contributed by atoms with E-state index < -0.39 is 31.3 Å². The molecule has 19 heavy (non-hydrogen) atoms. The Labute approximate surface area is 114 Å². The molecular formula is C13H24O6. The minimum absolute atomic E-state index is 0.134. The van der Waals surface area contributed by atoms with Crippen LogP contribution in [0.4, 0.5) is 0 Å². The summed E-state index contributed by atoms with van der Waals surface area (Å²) in [7, 11) is 0. The number of hydrogen-bond donors (Lipinski definition) is 2. The molecule has 1 atom stereocenters. The molecule has 0 aliphatic heterocycles. The number of carbonyl (C=O) groups excluding carboxylic acids is 2. The zero-order valence-electron chi connectivity index (χ0n) is 11.8. The van der Waals surface area contributed by atoms with E-state index in [1.807, 2.05) is 13.8 Å². The molecule has 0 fully saturated rings. The van der Waals surface area contributed by atoms with Crippen molar-refractivity contribution in [2.24, 2.45) is 0 Å². The van der Waals surface area contributed by atoms with Gasteiger partial charge in [0.2, 0.25) is 0 Å². The van der Waals surface area contributed by atoms with Crippen molar-refractivity contribution in [2.75, 3.05) is 19.8 Å². The normalized spacial score (nSPS) is 9.53. The first-order valence-electron chi connectivity index (χ1n) is 5.64. The second-order valence-corrected chi connectivity index (χ2v) is 3.12. The minimum Gasteiger partial charge on any atom is -0.460 e. The quantitative estimate of drug-likeness (QED) is 0.570. The average molecular weight is 276 g/mol. The zero-order chi connectivity index (χ0) is 15.7. The second kappa shape index (κ2) is 18.7. The lowest BCUT2D eigenvalue weighted by Gasteiger charge is -2.11. The van der Waals surface area contributed by atoms with Crippen molar-refractivity contribution in [1.29, 1.82) is 0 Å². The molecule has 0 saturated heterocycles. The predicted molar refractivity (Wildman–Crippen MR) is 72.4 cm³/mol. The Hall–Kier alpha value is -1.66. The lowest BCUT2D eigenvalue weighted by atomic mass is 10.4. The Bertz CT molecular complexity index is 244. The molecule has 0 aromatic rings. The van der Waals surface area contributed by atoms with Gasteiger partial charge in [0, 0.05) is 0 Å². The average Bonchev–Trinajstić information content (AvgIpc) is 2.37. The lowest BCUT2D eigenvalue weighted by Crippen LogP contribution is -2.24. The molecule has 1 unspecified atom stereocenters. The smallest absolute Gasteiger partial charge is 0.332 e. The van der Waals surface area contributed by atoms with Gasteiger partial charge in [-0.25, -0.2) is 9.59 Å². The van der Waals surface area contributed by atoms with Crippen LogP contribution in [0.1, 0.15) is 20.8 Å². The third-order valence-corrected chi connectivity index (χ3v) is 1.07. The van der Waals surface area contributed by atoms with E-state index in [2.05, 4.69) is 22.6 Å². The van der Waals surface area contributed by atoms with Gasteiger partial charge in [0.1, 0.15) is 25.9 Å². The Morgan fingerprint density at radius 1 is 1.11 bits per heavy atom. The molecule has 112 valence electrons. The number of carbonyl (C=O) groups is 2. The van der Waals surface area contributed by atoms with E-state index in [1.165, 1.54) is 6.92 Å². The number of ether oxygens (including phenoxy) is 2. The maximum absolute atomic E-state index is 10.5. The van der Waals surface area contributed by atoms with Gasteiger partial charge in [0.15, 0.2) is 0 Å². The molecule has 2 N–H and O–H groups in total. The van der Waals surface area contributed by atoms with Gasteiger partial charge in [0.25, 0.3) is 0 Å². The topological polar surface area (TPSA) is 93.1 Å². The van der Waals surface area contributed by atoms with Crippen LogP contribution in [0.15, 0.2) is 25.3 Å². The molecular weight excluding hydrogens is 252 g/mol. The fraction of sp³-hybridized carbons (Fsp3) is 0.538. The third-order valence-electron chi connectivity index (χ3n) is 1.07. The molecule has 0 aromatic carbocycles. The largest absolute Gasteiger partial charge is 0.460 e. The van der Waals surface area contributed by atoms with Gasteiger partial charge in [0.05, 0.1) is 0 Å². The number of rotatable bonds is 5. The standard InChI is InChI=1S/C7H12O6.2C3H6/c1-5(13-7(11)3-9)4-12-6(10)2-8;2*1-3-2/h5,8-9H,2-4H2,1H3;2*3H,1H2,2H3. The van der Waals surface area contributed by atoms with Gasteiger partial charge < -0.3 is 19.7 Å². The van der Waals surface area contributed by atoms with E-state index in [9.17, 15) is 9.59 Å². The molecule has 0 spiro atoms. The fourth-order valence-corrected chi connectivity index (χ4v) is 0.552. The van der Waals surface area contributed by atoms with Crippen LogP contribution in [0.3, 0.4) is 0 Å². The summed E-state index contributed by atoms with van der Waals surface area (Å²) in [5.74, 6) is -1.57. The summed E-state index contributed by atoms with van der Waals surface area (Å²) in [5, 5.41) is 16.5. The molecule has 0 bridgehead atoms. The van der Waals surface area contributed by atoms with Crippen LogP contribution in [0, 0.1) is 0 Å². The van der Waals surface area contributed by atoms with Gasteiger partial charge >= 0.3 is 11.9 Å². The van der Waals surface area contributed by atoms with E-state index >= 15 is 0 Å². The molecule has 0 rings (SSSR count). The van der Waals surface area contributed by atoms with Gasteiger partial charge in [-0.1, -0.05) is 12.2 Å². The Morgan fingerprint density at radius 2 is 1.47 bits per heavy atom. The summed E-state index contributed by atoms with van der Waals surface area (Å²) >= 11 is 0. The van der Waals surface area contributed by atoms with Crippen LogP contribution in [0.2, 0.25) is 0 Å². The van der Waals surface area contributed by atoms with Crippen LogP contribution < -0.4 is 0 Å². The number of aliphatic hydroxyl groups excluding tert-OH is 2. The number of hydrogen-bond acceptors (Lipinski definition) is 6. The third kappa shape index (κ3) is 26.1. The van der Waals surface area contributed by atoms with Gasteiger partial charge in [-0.2, -0.15) is 0 Å². The summed E-state index contributed by atoms with van der Waals surface area (Å²) in [6, 6.07) is 0. The highest BCUT2D eigenvalue weighted by Gasteiger charge is 2.10. The van der Waals surface area contributed by atoms with E-state index in [1.54, 1.807) is 12.2 Å². The van der Waals surface area contributed by atoms with Crippen LogP contribution in [-0.2, 0) is 19.1 Å². The minimum atomic E-state index is -0.785. The van der Waals surface area contributed by atoms with E-state index in [-0.39, 0.29) is 6.61 Å². The zero-order valence-corrected chi connectivity index (χ0v) is 11.8. The fourth-order valence-electron chi connectivity index (χ4n) is 0.552. The van der Waals surface area contributed by atoms with E-state index in [0.29, 0.717) is 0 Å². The molecule has 6 nitrogen and oxygen atoms in total. The van der Waals surface area contributed by atoms with E-state index in [4.69, 9.17) is 10.2 Å². The van der Waals surface area contributed by atoms with Crippen LogP contribution in [-0.4, -0.2) is 48.1 Å². The monoisotopic (exact) mass is 276 g/mol. The summed E-state index contributed by atoms with van der Waals surface area (Å²) in [6.07, 6.45) is 2.87. The maximum Gasteiger partial charge on any atom is 0.332 e. The van der Waals surface area contributed by atoms with E-state index in [0.717, 1.165) is 0 Å². The molecule has 6 heteroatoms. The van der Waals surface area contributed by atoms with Gasteiger partial charge in [-0.15, -0.1) is 13.2 Å². The van der Waals surface area contributed by atoms with Crippen molar-refractivity contribution < 1.29 is 29.3 Å². The summed E-state index contributed by atoms with van der Waals surface area (Å²) in [5.41, 5.74) is 0. The predicted octanol–water partition coefficient (Wildman–Crippen LogP) is 0.830. The summed E-state index contributed by atoms with van der Waals surface area (Å²) < 4.78 is 9.00. The van der Waals surface area contributed by atoms with Gasteiger partial charge in [-0.3, -0.25) is 0 Å². The Balaban J connectivity index is -0.000000360. The highest BCUT2D eigenvalue weighted by molar-refractivity contribution is 5.71. The number of aliphatic hydroxyl groups is 2. The second-order valence-electron chi connectivity index (χ2n) is 3.12. The Morgan fingerprint density at radius 3 is 1.79 bits per heavy atom. The molecule has 0 heterocycles. The Kier molecular flexibility index (Phi) is 22.2. The molecule has 0 aliphatic rings.